The van der Waals surface area contributed by atoms with Crippen LogP contribution in [0.4, 0.5) is 0 Å². The Morgan fingerprint density at radius 1 is 1.21 bits per heavy atom. The fraction of sp³-hybridized carbons (Fsp3) is 0.273. The average Bonchev–Trinajstić information content (AvgIpc) is 3.30. The summed E-state index contributed by atoms with van der Waals surface area (Å²) in [6.45, 7) is 0.958. The van der Waals surface area contributed by atoms with Crippen LogP contribution in [-0.2, 0) is 14.3 Å². The number of likely N-dealkylation sites (tertiary alicyclic amines) is 1. The topological polar surface area (TPSA) is 66.8 Å². The minimum atomic E-state index is -0.694. The van der Waals surface area contributed by atoms with E-state index in [1.165, 1.54) is 4.90 Å². The Labute approximate surface area is 182 Å². The third-order valence-corrected chi connectivity index (χ3v) is 5.99. The zero-order chi connectivity index (χ0) is 20.5. The van der Waals surface area contributed by atoms with Gasteiger partial charge < -0.3 is 14.7 Å². The second-order valence-corrected chi connectivity index (χ2v) is 8.50. The molecule has 5 nitrogen and oxygen atoms in total. The van der Waals surface area contributed by atoms with Crippen molar-refractivity contribution in [2.75, 3.05) is 13.2 Å². The summed E-state index contributed by atoms with van der Waals surface area (Å²) in [5.74, 6) is -1.53. The van der Waals surface area contributed by atoms with Gasteiger partial charge in [-0.2, -0.15) is 0 Å². The number of halogens is 2. The van der Waals surface area contributed by atoms with E-state index in [4.69, 9.17) is 16.3 Å². The Kier molecular flexibility index (Phi) is 5.76. The Bertz CT molecular complexity index is 983. The molecule has 2 aromatic carbocycles. The molecule has 2 fully saturated rings. The monoisotopic (exact) mass is 475 g/mol. The van der Waals surface area contributed by atoms with Gasteiger partial charge in [0.2, 0.25) is 0 Å². The summed E-state index contributed by atoms with van der Waals surface area (Å²) in [6, 6.07) is 13.2. The Hall–Kier alpha value is -2.15. The zero-order valence-electron chi connectivity index (χ0n) is 15.5. The lowest BCUT2D eigenvalue weighted by atomic mass is 9.95. The van der Waals surface area contributed by atoms with E-state index in [1.54, 1.807) is 24.3 Å². The summed E-state index contributed by atoms with van der Waals surface area (Å²) >= 11 is 9.39. The molecule has 2 atom stereocenters. The van der Waals surface area contributed by atoms with Crippen LogP contribution in [0.3, 0.4) is 0 Å². The molecule has 4 rings (SSSR count). The number of hydrogen-bond donors (Lipinski definition) is 1. The third kappa shape index (κ3) is 3.97. The summed E-state index contributed by atoms with van der Waals surface area (Å²) in [4.78, 5) is 27.4. The molecule has 0 spiro atoms. The molecule has 2 aliphatic rings. The van der Waals surface area contributed by atoms with Crippen molar-refractivity contribution >= 4 is 45.0 Å². The molecule has 0 radical (unpaired) electrons. The molecule has 0 saturated carbocycles. The predicted octanol–water partition coefficient (Wildman–Crippen LogP) is 4.70. The molecule has 7 heteroatoms. The number of ether oxygens (including phenoxy) is 1. The van der Waals surface area contributed by atoms with Gasteiger partial charge in [-0.15, -0.1) is 0 Å². The highest BCUT2D eigenvalue weighted by Crippen LogP contribution is 2.40. The normalized spacial score (nSPS) is 23.7. The van der Waals surface area contributed by atoms with E-state index in [1.807, 2.05) is 24.3 Å². The minimum Gasteiger partial charge on any atom is -0.507 e. The van der Waals surface area contributed by atoms with Gasteiger partial charge in [-0.1, -0.05) is 39.7 Å². The molecule has 1 amide bonds. The number of benzene rings is 2. The maximum atomic E-state index is 13.0. The molecule has 1 N–H and O–H groups in total. The lowest BCUT2D eigenvalue weighted by Gasteiger charge is -2.27. The van der Waals surface area contributed by atoms with E-state index < -0.39 is 17.7 Å². The molecule has 29 heavy (non-hydrogen) atoms. The van der Waals surface area contributed by atoms with E-state index in [2.05, 4.69) is 15.9 Å². The molecule has 2 saturated heterocycles. The predicted molar refractivity (Wildman–Crippen MR) is 114 cm³/mol. The standard InChI is InChI=1S/C22H19BrClNO4/c23-15-4-1-3-14(11-15)19-18(20(26)13-6-8-16(24)9-7-13)21(27)22(28)25(19)12-17-5-2-10-29-17/h1,3-4,6-9,11,17,19,26H,2,5,10,12H2/t17-,19+/m0/s1. The van der Waals surface area contributed by atoms with Crippen LogP contribution in [0.25, 0.3) is 5.76 Å². The first-order valence-corrected chi connectivity index (χ1v) is 10.5. The van der Waals surface area contributed by atoms with Gasteiger partial charge in [0, 0.05) is 28.2 Å². The first-order valence-electron chi connectivity index (χ1n) is 9.37. The second kappa shape index (κ2) is 8.30. The number of carbonyl (C=O) groups is 2. The van der Waals surface area contributed by atoms with Gasteiger partial charge in [0.05, 0.1) is 17.7 Å². The maximum Gasteiger partial charge on any atom is 0.295 e. The van der Waals surface area contributed by atoms with Gasteiger partial charge in [-0.25, -0.2) is 0 Å². The summed E-state index contributed by atoms with van der Waals surface area (Å²) in [6.07, 6.45) is 1.66. The van der Waals surface area contributed by atoms with Gasteiger partial charge in [0.25, 0.3) is 11.7 Å². The Morgan fingerprint density at radius 3 is 2.62 bits per heavy atom. The average molecular weight is 477 g/mol. The van der Waals surface area contributed by atoms with Crippen LogP contribution in [0.5, 0.6) is 0 Å². The van der Waals surface area contributed by atoms with E-state index in [9.17, 15) is 14.7 Å². The zero-order valence-corrected chi connectivity index (χ0v) is 17.8. The van der Waals surface area contributed by atoms with Gasteiger partial charge in [0.15, 0.2) is 0 Å². The largest absolute Gasteiger partial charge is 0.507 e. The highest BCUT2D eigenvalue weighted by atomic mass is 79.9. The number of nitrogens with zero attached hydrogens (tertiary/aromatic N) is 1. The van der Waals surface area contributed by atoms with Crippen molar-refractivity contribution in [2.45, 2.75) is 25.0 Å². The molecule has 0 unspecified atom stereocenters. The highest BCUT2D eigenvalue weighted by molar-refractivity contribution is 9.10. The van der Waals surface area contributed by atoms with E-state index >= 15 is 0 Å². The number of amides is 1. The summed E-state index contributed by atoms with van der Waals surface area (Å²) in [5.41, 5.74) is 1.25. The van der Waals surface area contributed by atoms with Crippen molar-refractivity contribution in [3.05, 3.63) is 74.7 Å². The number of Topliss-reactive ketones (excluding diaryl/α,β-unsaturated/α-hetero) is 1. The first-order chi connectivity index (χ1) is 14.0. The number of aliphatic hydroxyl groups excluding tert-OH is 1. The van der Waals surface area contributed by atoms with Crippen LogP contribution in [0, 0.1) is 0 Å². The van der Waals surface area contributed by atoms with Gasteiger partial charge in [0.1, 0.15) is 5.76 Å². The SMILES string of the molecule is O=C1C(=O)N(C[C@@H]2CCCO2)[C@H](c2cccc(Br)c2)C1=C(O)c1ccc(Cl)cc1. The fourth-order valence-corrected chi connectivity index (χ4v) is 4.41. The van der Waals surface area contributed by atoms with Crippen LogP contribution < -0.4 is 0 Å². The van der Waals surface area contributed by atoms with Crippen molar-refractivity contribution in [3.63, 3.8) is 0 Å². The molecule has 150 valence electrons. The second-order valence-electron chi connectivity index (χ2n) is 7.15. The van der Waals surface area contributed by atoms with E-state index in [0.717, 1.165) is 22.9 Å². The smallest absolute Gasteiger partial charge is 0.295 e. The maximum absolute atomic E-state index is 13.0. The van der Waals surface area contributed by atoms with Crippen molar-refractivity contribution in [3.8, 4) is 0 Å². The quantitative estimate of drug-likeness (QED) is 0.394. The molecular formula is C22H19BrClNO4. The van der Waals surface area contributed by atoms with Crippen molar-refractivity contribution < 1.29 is 19.4 Å². The Morgan fingerprint density at radius 2 is 1.97 bits per heavy atom. The molecule has 2 heterocycles. The molecule has 2 aliphatic heterocycles. The summed E-state index contributed by atoms with van der Waals surface area (Å²) in [7, 11) is 0. The van der Waals surface area contributed by atoms with Gasteiger partial charge in [-0.3, -0.25) is 9.59 Å². The molecule has 2 aromatic rings. The van der Waals surface area contributed by atoms with Crippen LogP contribution in [0.1, 0.15) is 30.0 Å². The van der Waals surface area contributed by atoms with Gasteiger partial charge in [-0.05, 0) is 54.8 Å². The van der Waals surface area contributed by atoms with Crippen LogP contribution in [0.15, 0.2) is 58.6 Å². The molecular weight excluding hydrogens is 458 g/mol. The van der Waals surface area contributed by atoms with Crippen molar-refractivity contribution in [2.24, 2.45) is 0 Å². The number of ketones is 1. The fourth-order valence-electron chi connectivity index (χ4n) is 3.86. The lowest BCUT2D eigenvalue weighted by Crippen LogP contribution is -2.36. The van der Waals surface area contributed by atoms with Crippen molar-refractivity contribution in [1.29, 1.82) is 0 Å². The number of rotatable bonds is 4. The van der Waals surface area contributed by atoms with E-state index in [0.29, 0.717) is 23.7 Å². The van der Waals surface area contributed by atoms with Crippen LogP contribution >= 0.6 is 27.5 Å². The lowest BCUT2D eigenvalue weighted by molar-refractivity contribution is -0.140. The minimum absolute atomic E-state index is 0.0772. The Balaban J connectivity index is 1.83. The molecule has 0 aliphatic carbocycles. The van der Waals surface area contributed by atoms with Crippen LogP contribution in [0.2, 0.25) is 5.02 Å². The first kappa shape index (κ1) is 20.1. The molecule has 0 bridgehead atoms. The van der Waals surface area contributed by atoms with Crippen LogP contribution in [-0.4, -0.2) is 41.0 Å². The highest BCUT2D eigenvalue weighted by Gasteiger charge is 2.47. The summed E-state index contributed by atoms with van der Waals surface area (Å²) < 4.78 is 6.52. The number of aliphatic hydroxyl groups is 1. The van der Waals surface area contributed by atoms with Crippen molar-refractivity contribution in [1.82, 2.24) is 4.90 Å². The number of hydrogen-bond acceptors (Lipinski definition) is 4. The third-order valence-electron chi connectivity index (χ3n) is 5.25. The molecule has 0 aromatic heterocycles. The van der Waals surface area contributed by atoms with E-state index in [-0.39, 0.29) is 17.4 Å². The van der Waals surface area contributed by atoms with Gasteiger partial charge >= 0.3 is 0 Å². The summed E-state index contributed by atoms with van der Waals surface area (Å²) in [5, 5.41) is 11.5. The number of carbonyl (C=O) groups excluding carboxylic acids is 2.